The van der Waals surface area contributed by atoms with E-state index in [2.05, 4.69) is 37.9 Å². The lowest BCUT2D eigenvalue weighted by atomic mass is 10.1. The Bertz CT molecular complexity index is 833. The average molecular weight is 366 g/mol. The third kappa shape index (κ3) is 3.10. The minimum absolute atomic E-state index is 0.736. The van der Waals surface area contributed by atoms with Crippen LogP contribution < -0.4 is 14.7 Å². The van der Waals surface area contributed by atoms with Crippen LogP contribution in [0.4, 0.5) is 16.6 Å². The van der Waals surface area contributed by atoms with Crippen LogP contribution in [0.25, 0.3) is 0 Å². The summed E-state index contributed by atoms with van der Waals surface area (Å²) in [6.45, 7) is 11.3. The quantitative estimate of drug-likeness (QED) is 0.826. The molecular weight excluding hydrogens is 344 g/mol. The van der Waals surface area contributed by atoms with Gasteiger partial charge in [-0.3, -0.25) is 4.98 Å². The van der Waals surface area contributed by atoms with Gasteiger partial charge in [0.15, 0.2) is 5.82 Å². The van der Waals surface area contributed by atoms with Gasteiger partial charge in [0.2, 0.25) is 0 Å². The van der Waals surface area contributed by atoms with Crippen molar-refractivity contribution >= 4 is 28.0 Å². The van der Waals surface area contributed by atoms with Crippen LogP contribution in [0.15, 0.2) is 60.3 Å². The summed E-state index contributed by atoms with van der Waals surface area (Å²) in [5.74, 6) is 1.76. The maximum Gasteiger partial charge on any atom is 0.150 e. The highest BCUT2D eigenvalue weighted by Gasteiger charge is 2.26. The Morgan fingerprint density at radius 1 is 1.15 bits per heavy atom. The minimum atomic E-state index is 0.736. The summed E-state index contributed by atoms with van der Waals surface area (Å²) < 4.78 is 0. The van der Waals surface area contributed by atoms with Gasteiger partial charge in [-0.1, -0.05) is 13.2 Å². The van der Waals surface area contributed by atoms with Crippen molar-refractivity contribution in [1.29, 1.82) is 0 Å². The lowest BCUT2D eigenvalue weighted by Gasteiger charge is -2.19. The summed E-state index contributed by atoms with van der Waals surface area (Å²) in [7, 11) is 1.97. The van der Waals surface area contributed by atoms with Crippen molar-refractivity contribution in [2.75, 3.05) is 41.4 Å². The normalized spacial score (nSPS) is 19.0. The third-order valence-corrected chi connectivity index (χ3v) is 5.59. The number of allylic oxidation sites excluding steroid dienone is 1. The van der Waals surface area contributed by atoms with Gasteiger partial charge in [0, 0.05) is 44.2 Å². The minimum Gasteiger partial charge on any atom is -0.355 e. The molecule has 0 aliphatic carbocycles. The zero-order chi connectivity index (χ0) is 18.1. The van der Waals surface area contributed by atoms with Crippen molar-refractivity contribution in [3.63, 3.8) is 0 Å². The number of rotatable bonds is 4. The van der Waals surface area contributed by atoms with Crippen molar-refractivity contribution < 1.29 is 0 Å². The molecule has 2 fully saturated rings. The van der Waals surface area contributed by atoms with Crippen molar-refractivity contribution in [2.45, 2.75) is 12.8 Å². The van der Waals surface area contributed by atoms with Crippen molar-refractivity contribution in [3.05, 3.63) is 60.3 Å². The molecule has 0 spiro atoms. The van der Waals surface area contributed by atoms with Gasteiger partial charge in [-0.25, -0.2) is 9.97 Å². The summed E-state index contributed by atoms with van der Waals surface area (Å²) in [5.41, 5.74) is 4.84. The third-order valence-electron chi connectivity index (χ3n) is 4.79. The van der Waals surface area contributed by atoms with Crippen LogP contribution >= 0.6 is 11.3 Å². The number of hydrogen-bond donors (Lipinski definition) is 0. The molecule has 0 unspecified atom stereocenters. The first-order chi connectivity index (χ1) is 12.6. The second-order valence-corrected chi connectivity index (χ2v) is 7.42. The van der Waals surface area contributed by atoms with E-state index in [1.54, 1.807) is 11.3 Å². The van der Waals surface area contributed by atoms with Crippen molar-refractivity contribution in [1.82, 2.24) is 15.0 Å². The summed E-state index contributed by atoms with van der Waals surface area (Å²) >= 11 is 1.60. The number of nitrogens with zero attached hydrogens (tertiary/aromatic N) is 6. The highest BCUT2D eigenvalue weighted by Crippen LogP contribution is 2.36. The highest BCUT2D eigenvalue weighted by atomic mass is 32.1. The van der Waals surface area contributed by atoms with Gasteiger partial charge in [-0.05, 0) is 18.4 Å². The first kappa shape index (κ1) is 16.8. The zero-order valence-corrected chi connectivity index (χ0v) is 15.7. The van der Waals surface area contributed by atoms with Crippen molar-refractivity contribution in [2.24, 2.45) is 0 Å². The Labute approximate surface area is 157 Å². The van der Waals surface area contributed by atoms with E-state index in [1.807, 2.05) is 42.2 Å². The maximum atomic E-state index is 4.58. The number of thiazole rings is 1. The molecule has 0 atom stereocenters. The predicted octanol–water partition coefficient (Wildman–Crippen LogP) is 3.44. The molecule has 2 saturated heterocycles. The smallest absolute Gasteiger partial charge is 0.150 e. The zero-order valence-electron chi connectivity index (χ0n) is 14.9. The van der Waals surface area contributed by atoms with E-state index in [0.29, 0.717) is 0 Å². The van der Waals surface area contributed by atoms with Crippen LogP contribution in [-0.4, -0.2) is 41.6 Å². The molecule has 7 heteroatoms. The number of anilines is 3. The molecule has 2 aromatic heterocycles. The second kappa shape index (κ2) is 6.92. The first-order valence-electron chi connectivity index (χ1n) is 8.68. The fraction of sp³-hybridized carbons (Fsp3) is 0.316. The molecule has 4 heterocycles. The van der Waals surface area contributed by atoms with Gasteiger partial charge in [-0.15, -0.1) is 11.3 Å². The SMILES string of the molecule is C=C1CN(c2cncs2)C(=C)/C1=C/N(C)c1cnc(N2CCCC2)cn1. The number of hydrogen-bond acceptors (Lipinski definition) is 7. The van der Waals surface area contributed by atoms with Crippen LogP contribution in [-0.2, 0) is 0 Å². The largest absolute Gasteiger partial charge is 0.355 e. The Morgan fingerprint density at radius 2 is 1.96 bits per heavy atom. The molecule has 4 rings (SSSR count). The summed E-state index contributed by atoms with van der Waals surface area (Å²) in [5, 5.41) is 1.08. The van der Waals surface area contributed by atoms with Crippen LogP contribution in [0.3, 0.4) is 0 Å². The Morgan fingerprint density at radius 3 is 2.62 bits per heavy atom. The van der Waals surface area contributed by atoms with E-state index in [-0.39, 0.29) is 0 Å². The fourth-order valence-corrected chi connectivity index (χ4v) is 3.96. The lowest BCUT2D eigenvalue weighted by molar-refractivity contribution is 0.922. The first-order valence-corrected chi connectivity index (χ1v) is 9.56. The molecule has 0 amide bonds. The predicted molar refractivity (Wildman–Crippen MR) is 108 cm³/mol. The van der Waals surface area contributed by atoms with Crippen LogP contribution in [0.1, 0.15) is 12.8 Å². The van der Waals surface area contributed by atoms with Crippen LogP contribution in [0, 0.1) is 0 Å². The monoisotopic (exact) mass is 366 g/mol. The van der Waals surface area contributed by atoms with Crippen LogP contribution in [0.2, 0.25) is 0 Å². The van der Waals surface area contributed by atoms with E-state index in [4.69, 9.17) is 0 Å². The molecule has 26 heavy (non-hydrogen) atoms. The Balaban J connectivity index is 1.52. The van der Waals surface area contributed by atoms with E-state index in [0.717, 1.165) is 53.1 Å². The van der Waals surface area contributed by atoms with E-state index in [1.165, 1.54) is 12.8 Å². The molecule has 2 aliphatic rings. The fourth-order valence-electron chi connectivity index (χ4n) is 3.31. The molecule has 2 aliphatic heterocycles. The summed E-state index contributed by atoms with van der Waals surface area (Å²) in [6.07, 6.45) is 10.0. The second-order valence-electron chi connectivity index (χ2n) is 6.56. The highest BCUT2D eigenvalue weighted by molar-refractivity contribution is 7.13. The van der Waals surface area contributed by atoms with Crippen LogP contribution in [0.5, 0.6) is 0 Å². The van der Waals surface area contributed by atoms with Gasteiger partial charge in [0.25, 0.3) is 0 Å². The van der Waals surface area contributed by atoms with E-state index < -0.39 is 0 Å². The van der Waals surface area contributed by atoms with E-state index >= 15 is 0 Å². The molecule has 0 saturated carbocycles. The topological polar surface area (TPSA) is 48.4 Å². The van der Waals surface area contributed by atoms with Gasteiger partial charge in [-0.2, -0.15) is 0 Å². The van der Waals surface area contributed by atoms with Crippen molar-refractivity contribution in [3.8, 4) is 0 Å². The Hall–Kier alpha value is -2.67. The molecular formula is C19H22N6S. The summed E-state index contributed by atoms with van der Waals surface area (Å²) in [4.78, 5) is 19.7. The molecule has 0 N–H and O–H groups in total. The average Bonchev–Trinajstić information content (AvgIpc) is 3.40. The molecule has 0 aromatic carbocycles. The standard InChI is InChI=1S/C19H22N6S/c1-14-11-25(19-10-20-13-26-19)15(2)16(14)12-23(3)17-8-22-18(9-21-17)24-6-4-5-7-24/h8-10,12-13H,1-2,4-7,11H2,3H3/b16-12+. The molecule has 134 valence electrons. The lowest BCUT2D eigenvalue weighted by Crippen LogP contribution is -2.20. The van der Waals surface area contributed by atoms with E-state index in [9.17, 15) is 0 Å². The molecule has 2 aromatic rings. The van der Waals surface area contributed by atoms with Gasteiger partial charge >= 0.3 is 0 Å². The molecule has 0 bridgehead atoms. The van der Waals surface area contributed by atoms with Gasteiger partial charge in [0.1, 0.15) is 10.8 Å². The number of aromatic nitrogens is 3. The summed E-state index contributed by atoms with van der Waals surface area (Å²) in [6, 6.07) is 0. The van der Waals surface area contributed by atoms with Gasteiger partial charge in [0.05, 0.1) is 24.1 Å². The maximum absolute atomic E-state index is 4.58. The van der Waals surface area contributed by atoms with Gasteiger partial charge < -0.3 is 14.7 Å². The molecule has 0 radical (unpaired) electrons. The Kier molecular flexibility index (Phi) is 4.46. The molecule has 6 nitrogen and oxygen atoms in total.